The van der Waals surface area contributed by atoms with Gasteiger partial charge in [-0.15, -0.1) is 0 Å². The van der Waals surface area contributed by atoms with Crippen LogP contribution in [0.5, 0.6) is 0 Å². The second kappa shape index (κ2) is 13.0. The van der Waals surface area contributed by atoms with E-state index >= 15 is 0 Å². The van der Waals surface area contributed by atoms with Crippen LogP contribution in [-0.2, 0) is 24.2 Å². The molecule has 6 rings (SSSR count). The number of hydrogen-bond acceptors (Lipinski definition) is 6. The van der Waals surface area contributed by atoms with Crippen molar-refractivity contribution in [2.45, 2.75) is 83.5 Å². The van der Waals surface area contributed by atoms with Crippen LogP contribution in [0.4, 0.5) is 4.79 Å². The van der Waals surface area contributed by atoms with Crippen molar-refractivity contribution >= 4 is 39.5 Å². The van der Waals surface area contributed by atoms with Gasteiger partial charge in [-0.25, -0.2) is 4.79 Å². The minimum absolute atomic E-state index is 0.151. The van der Waals surface area contributed by atoms with Crippen molar-refractivity contribution in [3.05, 3.63) is 79.4 Å². The molecule has 2 aliphatic carbocycles. The number of rotatable bonds is 5. The van der Waals surface area contributed by atoms with Crippen LogP contribution in [0.3, 0.4) is 0 Å². The van der Waals surface area contributed by atoms with Crippen molar-refractivity contribution in [1.29, 1.82) is 0 Å². The Labute approximate surface area is 265 Å². The Balaban J connectivity index is 1.31. The first-order chi connectivity index (χ1) is 20.8. The van der Waals surface area contributed by atoms with Gasteiger partial charge in [0, 0.05) is 53.5 Å². The normalized spacial score (nSPS) is 21.1. The van der Waals surface area contributed by atoms with Crippen molar-refractivity contribution in [1.82, 2.24) is 30.6 Å². The first-order valence-corrected chi connectivity index (χ1v) is 16.4. The number of hydrogen-bond donors (Lipinski definition) is 2. The number of aromatic nitrogens is 2. The Morgan fingerprint density at radius 3 is 2.65 bits per heavy atom. The maximum absolute atomic E-state index is 13.9. The minimum atomic E-state index is -0.685. The van der Waals surface area contributed by atoms with Gasteiger partial charge in [-0.2, -0.15) is 0 Å². The molecule has 11 heteroatoms. The molecule has 1 saturated heterocycles. The van der Waals surface area contributed by atoms with E-state index in [4.69, 9.17) is 21.1 Å². The van der Waals surface area contributed by atoms with Crippen LogP contribution in [0.15, 0.2) is 39.5 Å². The number of nitrogens with zero attached hydrogens (tertiary/aromatic N) is 4. The third kappa shape index (κ3) is 6.47. The lowest BCUT2D eigenvalue weighted by Crippen LogP contribution is -2.63. The Morgan fingerprint density at radius 1 is 1.09 bits per heavy atom. The van der Waals surface area contributed by atoms with Crippen LogP contribution >= 0.6 is 27.5 Å². The first kappa shape index (κ1) is 30.1. The smallest absolute Gasteiger partial charge is 0.318 e. The SMILES string of the molecule is Cc1noc(C)c1CNC(=O)C1CN(C2c3ccc(Cl)cc3CCc3cc(Br)cnc32)CCN1C(=O)NC1CCCCC1. The fraction of sp³-hybridized carbons (Fsp3) is 0.500. The first-order valence-electron chi connectivity index (χ1n) is 15.2. The third-order valence-electron chi connectivity index (χ3n) is 9.18. The molecule has 1 aromatic carbocycles. The van der Waals surface area contributed by atoms with E-state index in [0.717, 1.165) is 65.5 Å². The monoisotopic (exact) mass is 668 g/mol. The van der Waals surface area contributed by atoms with E-state index in [1.54, 1.807) is 4.90 Å². The molecule has 2 N–H and O–H groups in total. The summed E-state index contributed by atoms with van der Waals surface area (Å²) in [6.07, 6.45) is 8.94. The number of urea groups is 1. The highest BCUT2D eigenvalue weighted by Gasteiger charge is 2.41. The van der Waals surface area contributed by atoms with Crippen molar-refractivity contribution < 1.29 is 14.1 Å². The molecule has 2 unspecified atom stereocenters. The topological polar surface area (TPSA) is 104 Å². The lowest BCUT2D eigenvalue weighted by molar-refractivity contribution is -0.128. The number of aryl methyl sites for hydroxylation is 4. The Morgan fingerprint density at radius 2 is 1.88 bits per heavy atom. The maximum atomic E-state index is 13.9. The largest absolute Gasteiger partial charge is 0.361 e. The molecule has 1 saturated carbocycles. The van der Waals surface area contributed by atoms with Crippen LogP contribution < -0.4 is 10.6 Å². The molecule has 3 aliphatic rings. The molecule has 1 aliphatic heterocycles. The van der Waals surface area contributed by atoms with E-state index in [1.807, 2.05) is 32.2 Å². The van der Waals surface area contributed by atoms with Crippen LogP contribution in [0, 0.1) is 13.8 Å². The van der Waals surface area contributed by atoms with E-state index < -0.39 is 6.04 Å². The summed E-state index contributed by atoms with van der Waals surface area (Å²) in [6, 6.07) is 7.35. The molecule has 2 fully saturated rings. The summed E-state index contributed by atoms with van der Waals surface area (Å²) in [7, 11) is 0. The van der Waals surface area contributed by atoms with Gasteiger partial charge in [0.1, 0.15) is 11.8 Å². The average Bonchev–Trinajstić information content (AvgIpc) is 3.23. The molecule has 3 aromatic rings. The lowest BCUT2D eigenvalue weighted by atomic mass is 9.95. The molecular formula is C32H38BrClN6O3. The van der Waals surface area contributed by atoms with Crippen molar-refractivity contribution in [2.24, 2.45) is 0 Å². The van der Waals surface area contributed by atoms with Gasteiger partial charge >= 0.3 is 6.03 Å². The van der Waals surface area contributed by atoms with Gasteiger partial charge in [0.2, 0.25) is 5.91 Å². The molecule has 3 amide bonds. The highest BCUT2D eigenvalue weighted by molar-refractivity contribution is 9.10. The quantitative estimate of drug-likeness (QED) is 0.365. The summed E-state index contributed by atoms with van der Waals surface area (Å²) in [4.78, 5) is 36.6. The van der Waals surface area contributed by atoms with Crippen molar-refractivity contribution in [2.75, 3.05) is 19.6 Å². The highest BCUT2D eigenvalue weighted by atomic mass is 79.9. The summed E-state index contributed by atoms with van der Waals surface area (Å²) in [5.74, 6) is 0.481. The summed E-state index contributed by atoms with van der Waals surface area (Å²) in [6.45, 7) is 5.39. The summed E-state index contributed by atoms with van der Waals surface area (Å²) >= 11 is 10.0. The van der Waals surface area contributed by atoms with Crippen molar-refractivity contribution in [3.8, 4) is 0 Å². The van der Waals surface area contributed by atoms with Gasteiger partial charge in [-0.05, 0) is 90.4 Å². The third-order valence-corrected chi connectivity index (χ3v) is 9.85. The predicted molar refractivity (Wildman–Crippen MR) is 168 cm³/mol. The molecule has 0 radical (unpaired) electrons. The standard InChI is InChI=1S/C32H38BrClN6O3/c1-19-27(20(2)43-38-19)17-36-31(41)28-18-39(12-13-40(28)32(42)37-25-6-4-3-5-7-25)30-26-11-10-24(34)15-21(26)8-9-22-14-23(33)16-35-29(22)30/h10-11,14-16,25,28,30H,3-9,12-13,17-18H2,1-2H3,(H,36,41)(H,37,42). The Bertz CT molecular complexity index is 1430. The fourth-order valence-electron chi connectivity index (χ4n) is 6.84. The van der Waals surface area contributed by atoms with Crippen LogP contribution in [-0.4, -0.2) is 63.6 Å². The molecule has 228 valence electrons. The molecule has 43 heavy (non-hydrogen) atoms. The van der Waals surface area contributed by atoms with Crippen LogP contribution in [0.1, 0.15) is 77.5 Å². The van der Waals surface area contributed by atoms with Gasteiger partial charge in [-0.3, -0.25) is 14.7 Å². The summed E-state index contributed by atoms with van der Waals surface area (Å²) < 4.78 is 6.24. The van der Waals surface area contributed by atoms with E-state index in [0.29, 0.717) is 30.4 Å². The van der Waals surface area contributed by atoms with Crippen LogP contribution in [0.2, 0.25) is 5.02 Å². The highest BCUT2D eigenvalue weighted by Crippen LogP contribution is 2.38. The molecule has 2 atom stereocenters. The van der Waals surface area contributed by atoms with E-state index in [1.165, 1.54) is 17.5 Å². The van der Waals surface area contributed by atoms with Gasteiger partial charge in [0.15, 0.2) is 0 Å². The Kier molecular flexibility index (Phi) is 9.07. The number of halogens is 2. The number of carbonyl (C=O) groups excluding carboxylic acids is 2. The zero-order chi connectivity index (χ0) is 30.1. The van der Waals surface area contributed by atoms with Crippen molar-refractivity contribution in [3.63, 3.8) is 0 Å². The minimum Gasteiger partial charge on any atom is -0.361 e. The van der Waals surface area contributed by atoms with E-state index in [-0.39, 0.29) is 30.6 Å². The fourth-order valence-corrected chi connectivity index (χ4v) is 7.41. The molecule has 2 aromatic heterocycles. The molecule has 3 heterocycles. The van der Waals surface area contributed by atoms with Crippen LogP contribution in [0.25, 0.3) is 0 Å². The molecule has 9 nitrogen and oxygen atoms in total. The zero-order valence-electron chi connectivity index (χ0n) is 24.7. The van der Waals surface area contributed by atoms with Gasteiger partial charge in [-0.1, -0.05) is 42.1 Å². The summed E-state index contributed by atoms with van der Waals surface area (Å²) in [5, 5.41) is 11.1. The number of pyridine rings is 1. The van der Waals surface area contributed by atoms with Gasteiger partial charge in [0.05, 0.1) is 17.4 Å². The molecule has 0 spiro atoms. The molecular weight excluding hydrogens is 632 g/mol. The van der Waals surface area contributed by atoms with E-state index in [2.05, 4.69) is 48.8 Å². The second-order valence-corrected chi connectivity index (χ2v) is 13.3. The van der Waals surface area contributed by atoms with Gasteiger partial charge in [0.25, 0.3) is 0 Å². The molecule has 0 bridgehead atoms. The predicted octanol–water partition coefficient (Wildman–Crippen LogP) is 5.64. The van der Waals surface area contributed by atoms with Gasteiger partial charge < -0.3 is 20.1 Å². The number of nitrogens with one attached hydrogen (secondary N) is 2. The number of piperazine rings is 1. The number of amides is 3. The Hall–Kier alpha value is -2.95. The number of carbonyl (C=O) groups is 2. The second-order valence-electron chi connectivity index (χ2n) is 12.0. The number of benzene rings is 1. The average molecular weight is 670 g/mol. The lowest BCUT2D eigenvalue weighted by Gasteiger charge is -2.44. The zero-order valence-corrected chi connectivity index (χ0v) is 27.0. The maximum Gasteiger partial charge on any atom is 0.318 e. The summed E-state index contributed by atoms with van der Waals surface area (Å²) in [5.41, 5.74) is 6.09. The van der Waals surface area contributed by atoms with E-state index in [9.17, 15) is 9.59 Å². The number of fused-ring (bicyclic) bond motifs is 2.